The third-order valence-corrected chi connectivity index (χ3v) is 3.97. The van der Waals surface area contributed by atoms with Crippen LogP contribution in [-0.4, -0.2) is 18.6 Å². The largest absolute Gasteiger partial charge is 0.489 e. The highest BCUT2D eigenvalue weighted by Crippen LogP contribution is 2.35. The zero-order valence-corrected chi connectivity index (χ0v) is 12.9. The minimum Gasteiger partial charge on any atom is -0.489 e. The number of hydrogen-bond acceptors (Lipinski definition) is 2. The monoisotopic (exact) mass is 321 g/mol. The van der Waals surface area contributed by atoms with Gasteiger partial charge in [-0.05, 0) is 37.3 Å². The summed E-state index contributed by atoms with van der Waals surface area (Å²) < 4.78 is 5.65. The molecule has 0 unspecified atom stereocenters. The summed E-state index contributed by atoms with van der Waals surface area (Å²) in [5.41, 5.74) is 1.19. The summed E-state index contributed by atoms with van der Waals surface area (Å²) in [5.74, 6) is 0.550. The minimum absolute atomic E-state index is 0.0702. The van der Waals surface area contributed by atoms with Crippen molar-refractivity contribution in [3.05, 3.63) is 58.1 Å². The van der Waals surface area contributed by atoms with E-state index in [4.69, 9.17) is 27.9 Å². The molecule has 5 heteroatoms. The number of carbonyl (C=O) groups excluding carboxylic acids is 1. The van der Waals surface area contributed by atoms with Crippen LogP contribution in [0.2, 0.25) is 10.0 Å². The Morgan fingerprint density at radius 3 is 2.76 bits per heavy atom. The van der Waals surface area contributed by atoms with Crippen molar-refractivity contribution < 1.29 is 9.53 Å². The van der Waals surface area contributed by atoms with E-state index in [1.54, 1.807) is 23.1 Å². The normalized spacial score (nSPS) is 17.1. The van der Waals surface area contributed by atoms with Gasteiger partial charge in [0, 0.05) is 5.02 Å². The third-order valence-electron chi connectivity index (χ3n) is 3.43. The average molecular weight is 322 g/mol. The van der Waals surface area contributed by atoms with Crippen LogP contribution in [0.4, 0.5) is 5.69 Å². The summed E-state index contributed by atoms with van der Waals surface area (Å²) in [7, 11) is 0. The molecule has 21 heavy (non-hydrogen) atoms. The van der Waals surface area contributed by atoms with E-state index in [1.807, 2.05) is 31.2 Å². The van der Waals surface area contributed by atoms with Gasteiger partial charge < -0.3 is 4.74 Å². The number of ether oxygens (including phenoxy) is 1. The third kappa shape index (κ3) is 2.59. The fourth-order valence-electron chi connectivity index (χ4n) is 2.40. The van der Waals surface area contributed by atoms with Gasteiger partial charge in [-0.25, -0.2) is 0 Å². The Hall–Kier alpha value is -1.71. The van der Waals surface area contributed by atoms with Crippen LogP contribution in [0, 0.1) is 0 Å². The summed E-state index contributed by atoms with van der Waals surface area (Å²) in [4.78, 5) is 14.6. The molecule has 0 fully saturated rings. The van der Waals surface area contributed by atoms with Crippen LogP contribution in [0.3, 0.4) is 0 Å². The average Bonchev–Trinajstić information content (AvgIpc) is 2.46. The second-order valence-corrected chi connectivity index (χ2v) is 5.77. The first-order chi connectivity index (χ1) is 10.1. The van der Waals surface area contributed by atoms with E-state index >= 15 is 0 Å². The van der Waals surface area contributed by atoms with Crippen LogP contribution in [-0.2, 0) is 0 Å². The summed E-state index contributed by atoms with van der Waals surface area (Å²) in [6.45, 7) is 2.39. The van der Waals surface area contributed by atoms with Crippen LogP contribution in [0.15, 0.2) is 42.5 Å². The summed E-state index contributed by atoms with van der Waals surface area (Å²) in [6.07, 6.45) is 0. The summed E-state index contributed by atoms with van der Waals surface area (Å²) in [6, 6.07) is 12.3. The number of hydrogen-bond donors (Lipinski definition) is 0. The van der Waals surface area contributed by atoms with Gasteiger partial charge in [-0.2, -0.15) is 0 Å². The Kier molecular flexibility index (Phi) is 3.79. The zero-order valence-electron chi connectivity index (χ0n) is 11.3. The number of benzene rings is 2. The predicted octanol–water partition coefficient (Wildman–Crippen LogP) is 4.42. The first-order valence-electron chi connectivity index (χ1n) is 6.58. The molecule has 0 saturated heterocycles. The lowest BCUT2D eigenvalue weighted by atomic mass is 10.1. The van der Waals surface area contributed by atoms with Gasteiger partial charge >= 0.3 is 0 Å². The van der Waals surface area contributed by atoms with E-state index < -0.39 is 0 Å². The molecule has 2 aromatic rings. The molecule has 0 bridgehead atoms. The lowest BCUT2D eigenvalue weighted by Gasteiger charge is -2.35. The standard InChI is InChI=1S/C16H13Cl2NO2/c1-10-9-21-15-5-3-2-4-14(15)19(10)16(20)12-7-6-11(17)8-13(12)18/h2-8,10H,9H2,1H3/t10-/m1/s1. The summed E-state index contributed by atoms with van der Waals surface area (Å²) in [5, 5.41) is 0.857. The molecule has 1 amide bonds. The van der Waals surface area contributed by atoms with Gasteiger partial charge in [0.2, 0.25) is 0 Å². The lowest BCUT2D eigenvalue weighted by molar-refractivity contribution is 0.0961. The van der Waals surface area contributed by atoms with Gasteiger partial charge in [-0.15, -0.1) is 0 Å². The van der Waals surface area contributed by atoms with Crippen LogP contribution >= 0.6 is 23.2 Å². The summed E-state index contributed by atoms with van der Waals surface area (Å²) >= 11 is 12.0. The maximum atomic E-state index is 12.8. The Morgan fingerprint density at radius 2 is 2.00 bits per heavy atom. The molecule has 108 valence electrons. The number of fused-ring (bicyclic) bond motifs is 1. The van der Waals surface area contributed by atoms with E-state index in [2.05, 4.69) is 0 Å². The number of halogens is 2. The predicted molar refractivity (Wildman–Crippen MR) is 84.7 cm³/mol. The van der Waals surface area contributed by atoms with E-state index in [-0.39, 0.29) is 11.9 Å². The van der Waals surface area contributed by atoms with Crippen molar-refractivity contribution in [2.75, 3.05) is 11.5 Å². The number of rotatable bonds is 1. The van der Waals surface area contributed by atoms with Crippen molar-refractivity contribution in [3.63, 3.8) is 0 Å². The van der Waals surface area contributed by atoms with E-state index in [1.165, 1.54) is 0 Å². The maximum Gasteiger partial charge on any atom is 0.260 e. The van der Waals surface area contributed by atoms with Crippen molar-refractivity contribution >= 4 is 34.8 Å². The molecule has 3 nitrogen and oxygen atoms in total. The molecule has 0 aromatic heterocycles. The molecule has 2 aromatic carbocycles. The molecule has 1 atom stereocenters. The maximum absolute atomic E-state index is 12.8. The molecule has 1 heterocycles. The Labute approximate surface area is 133 Å². The van der Waals surface area contributed by atoms with Crippen molar-refractivity contribution in [2.24, 2.45) is 0 Å². The van der Waals surface area contributed by atoms with Crippen molar-refractivity contribution in [3.8, 4) is 5.75 Å². The van der Waals surface area contributed by atoms with Gasteiger partial charge in [0.1, 0.15) is 12.4 Å². The SMILES string of the molecule is C[C@@H]1COc2ccccc2N1C(=O)c1ccc(Cl)cc1Cl. The second kappa shape index (κ2) is 5.58. The lowest BCUT2D eigenvalue weighted by Crippen LogP contribution is -2.45. The molecular formula is C16H13Cl2NO2. The van der Waals surface area contributed by atoms with Gasteiger partial charge in [0.15, 0.2) is 0 Å². The fourth-order valence-corrected chi connectivity index (χ4v) is 2.89. The topological polar surface area (TPSA) is 29.5 Å². The molecule has 3 rings (SSSR count). The highest BCUT2D eigenvalue weighted by molar-refractivity contribution is 6.37. The number of anilines is 1. The Balaban J connectivity index is 2.05. The molecule has 1 aliphatic rings. The Morgan fingerprint density at radius 1 is 1.24 bits per heavy atom. The molecule has 0 N–H and O–H groups in total. The van der Waals surface area contributed by atoms with Crippen LogP contribution < -0.4 is 9.64 Å². The first-order valence-corrected chi connectivity index (χ1v) is 7.34. The van der Waals surface area contributed by atoms with Gasteiger partial charge in [0.05, 0.1) is 22.3 Å². The number of para-hydroxylation sites is 2. The van der Waals surface area contributed by atoms with Crippen LogP contribution in [0.25, 0.3) is 0 Å². The quantitative estimate of drug-likeness (QED) is 0.778. The van der Waals surface area contributed by atoms with Crippen LogP contribution in [0.5, 0.6) is 5.75 Å². The first kappa shape index (κ1) is 14.2. The van der Waals surface area contributed by atoms with Gasteiger partial charge in [0.25, 0.3) is 5.91 Å². The van der Waals surface area contributed by atoms with Gasteiger partial charge in [-0.3, -0.25) is 9.69 Å². The fraction of sp³-hybridized carbons (Fsp3) is 0.188. The molecule has 0 spiro atoms. The smallest absolute Gasteiger partial charge is 0.260 e. The second-order valence-electron chi connectivity index (χ2n) is 4.93. The molecule has 0 aliphatic carbocycles. The molecular weight excluding hydrogens is 309 g/mol. The number of amides is 1. The number of carbonyl (C=O) groups is 1. The van der Waals surface area contributed by atoms with E-state index in [9.17, 15) is 4.79 Å². The van der Waals surface area contributed by atoms with E-state index in [0.717, 1.165) is 5.69 Å². The molecule has 1 aliphatic heterocycles. The van der Waals surface area contributed by atoms with Crippen molar-refractivity contribution in [2.45, 2.75) is 13.0 Å². The van der Waals surface area contributed by atoms with Crippen molar-refractivity contribution in [1.29, 1.82) is 0 Å². The molecule has 0 radical (unpaired) electrons. The zero-order chi connectivity index (χ0) is 15.0. The molecule has 0 saturated carbocycles. The van der Waals surface area contributed by atoms with Crippen LogP contribution in [0.1, 0.15) is 17.3 Å². The minimum atomic E-state index is -0.153. The van der Waals surface area contributed by atoms with Crippen molar-refractivity contribution in [1.82, 2.24) is 0 Å². The number of nitrogens with zero attached hydrogens (tertiary/aromatic N) is 1. The highest BCUT2D eigenvalue weighted by Gasteiger charge is 2.30. The van der Waals surface area contributed by atoms with E-state index in [0.29, 0.717) is 28.0 Å². The van der Waals surface area contributed by atoms with Gasteiger partial charge in [-0.1, -0.05) is 35.3 Å². The highest BCUT2D eigenvalue weighted by atomic mass is 35.5. The Bertz CT molecular complexity index is 702.